The number of hydrogen-bond acceptors (Lipinski definition) is 6. The van der Waals surface area contributed by atoms with E-state index >= 15 is 0 Å². The molecule has 1 fully saturated rings. The number of carbonyl (C=O) groups is 2. The van der Waals surface area contributed by atoms with Gasteiger partial charge in [-0.3, -0.25) is 4.79 Å². The Morgan fingerprint density at radius 1 is 1.03 bits per heavy atom. The maximum absolute atomic E-state index is 12.6. The number of carbonyl (C=O) groups excluding carboxylic acids is 2. The van der Waals surface area contributed by atoms with Crippen molar-refractivity contribution in [2.75, 3.05) is 6.61 Å². The SMILES string of the molecule is CCCOc1ccc(/C=C/C(=O)Oc2ccc3cc(C(=O)NC4CCCCC4)c(=O)oc3c2)cc1. The molecule has 0 aliphatic heterocycles. The molecule has 7 heteroatoms. The third-order valence-corrected chi connectivity index (χ3v) is 5.88. The summed E-state index contributed by atoms with van der Waals surface area (Å²) in [5.41, 5.74) is 0.318. The zero-order valence-electron chi connectivity index (χ0n) is 19.8. The fourth-order valence-electron chi connectivity index (χ4n) is 4.03. The van der Waals surface area contributed by atoms with Crippen molar-refractivity contribution < 1.29 is 23.5 Å². The lowest BCUT2D eigenvalue weighted by Crippen LogP contribution is -2.38. The Morgan fingerprint density at radius 2 is 1.77 bits per heavy atom. The Hall–Kier alpha value is -3.87. The summed E-state index contributed by atoms with van der Waals surface area (Å²) in [6.45, 7) is 2.70. The second-order valence-corrected chi connectivity index (χ2v) is 8.63. The first-order valence-electron chi connectivity index (χ1n) is 12.0. The fraction of sp³-hybridized carbons (Fsp3) is 0.321. The molecule has 0 spiro atoms. The van der Waals surface area contributed by atoms with Gasteiger partial charge in [-0.15, -0.1) is 0 Å². The van der Waals surface area contributed by atoms with Gasteiger partial charge < -0.3 is 19.2 Å². The molecular formula is C28H29NO6. The molecule has 4 rings (SSSR count). The number of hydrogen-bond donors (Lipinski definition) is 1. The summed E-state index contributed by atoms with van der Waals surface area (Å²) in [6, 6.07) is 13.7. The maximum atomic E-state index is 12.6. The first kappa shape index (κ1) is 24.3. The second kappa shape index (κ2) is 11.5. The van der Waals surface area contributed by atoms with E-state index in [1.165, 1.54) is 24.6 Å². The molecular weight excluding hydrogens is 446 g/mol. The van der Waals surface area contributed by atoms with Gasteiger partial charge in [0.25, 0.3) is 5.91 Å². The minimum absolute atomic E-state index is 0.0261. The van der Waals surface area contributed by atoms with Crippen LogP contribution in [0.4, 0.5) is 0 Å². The van der Waals surface area contributed by atoms with Crippen LogP contribution in [0, 0.1) is 0 Å². The van der Waals surface area contributed by atoms with Gasteiger partial charge in [-0.25, -0.2) is 9.59 Å². The molecule has 2 aromatic carbocycles. The predicted molar refractivity (Wildman–Crippen MR) is 134 cm³/mol. The minimum atomic E-state index is -0.722. The lowest BCUT2D eigenvalue weighted by molar-refractivity contribution is -0.128. The van der Waals surface area contributed by atoms with Crippen LogP contribution in [-0.4, -0.2) is 24.5 Å². The van der Waals surface area contributed by atoms with E-state index in [1.807, 2.05) is 31.2 Å². The zero-order chi connectivity index (χ0) is 24.6. The molecule has 1 saturated carbocycles. The lowest BCUT2D eigenvalue weighted by Gasteiger charge is -2.22. The van der Waals surface area contributed by atoms with Crippen molar-refractivity contribution in [1.82, 2.24) is 5.32 Å². The van der Waals surface area contributed by atoms with Crippen LogP contribution in [0.2, 0.25) is 0 Å². The molecule has 0 unspecified atom stereocenters. The van der Waals surface area contributed by atoms with E-state index in [0.717, 1.165) is 43.4 Å². The summed E-state index contributed by atoms with van der Waals surface area (Å²) in [7, 11) is 0. The van der Waals surface area contributed by atoms with Crippen LogP contribution in [0.15, 0.2) is 63.8 Å². The molecule has 3 aromatic rings. The highest BCUT2D eigenvalue weighted by molar-refractivity contribution is 5.97. The maximum Gasteiger partial charge on any atom is 0.349 e. The Kier molecular flexibility index (Phi) is 7.98. The Balaban J connectivity index is 1.40. The number of amides is 1. The van der Waals surface area contributed by atoms with Gasteiger partial charge in [0.15, 0.2) is 0 Å². The van der Waals surface area contributed by atoms with Crippen LogP contribution in [0.3, 0.4) is 0 Å². The van der Waals surface area contributed by atoms with E-state index in [-0.39, 0.29) is 22.9 Å². The molecule has 0 atom stereocenters. The molecule has 0 saturated heterocycles. The largest absolute Gasteiger partial charge is 0.494 e. The normalized spacial score (nSPS) is 14.2. The summed E-state index contributed by atoms with van der Waals surface area (Å²) in [4.78, 5) is 37.3. The van der Waals surface area contributed by atoms with Crippen molar-refractivity contribution in [3.63, 3.8) is 0 Å². The minimum Gasteiger partial charge on any atom is -0.494 e. The van der Waals surface area contributed by atoms with Gasteiger partial charge in [0.1, 0.15) is 22.6 Å². The highest BCUT2D eigenvalue weighted by atomic mass is 16.5. The number of rotatable bonds is 8. The van der Waals surface area contributed by atoms with Crippen molar-refractivity contribution in [2.45, 2.75) is 51.5 Å². The quantitative estimate of drug-likeness (QED) is 0.207. The van der Waals surface area contributed by atoms with Crippen molar-refractivity contribution in [1.29, 1.82) is 0 Å². The van der Waals surface area contributed by atoms with Gasteiger partial charge in [0.05, 0.1) is 6.61 Å². The molecule has 1 aliphatic rings. The molecule has 1 aromatic heterocycles. The smallest absolute Gasteiger partial charge is 0.349 e. The molecule has 1 N–H and O–H groups in total. The van der Waals surface area contributed by atoms with Crippen LogP contribution < -0.4 is 20.4 Å². The molecule has 0 radical (unpaired) electrons. The third-order valence-electron chi connectivity index (χ3n) is 5.88. The Bertz CT molecular complexity index is 1270. The Morgan fingerprint density at radius 3 is 2.51 bits per heavy atom. The van der Waals surface area contributed by atoms with E-state index in [2.05, 4.69) is 5.32 Å². The first-order chi connectivity index (χ1) is 17.0. The van der Waals surface area contributed by atoms with Crippen LogP contribution >= 0.6 is 0 Å². The number of benzene rings is 2. The van der Waals surface area contributed by atoms with Gasteiger partial charge in [-0.1, -0.05) is 38.3 Å². The van der Waals surface area contributed by atoms with Gasteiger partial charge in [0.2, 0.25) is 0 Å². The Labute approximate surface area is 203 Å². The molecule has 182 valence electrons. The standard InChI is InChI=1S/C28H29NO6/c1-2-16-33-22-12-8-19(9-13-22)10-15-26(30)34-23-14-11-20-17-24(28(32)35-25(20)18-23)27(31)29-21-6-4-3-5-7-21/h8-15,17-18,21H,2-7,16H2,1H3,(H,29,31)/b15-10+. The van der Waals surface area contributed by atoms with E-state index in [4.69, 9.17) is 13.9 Å². The van der Waals surface area contributed by atoms with E-state index < -0.39 is 17.5 Å². The average Bonchev–Trinajstić information content (AvgIpc) is 2.87. The number of fused-ring (bicyclic) bond motifs is 1. The highest BCUT2D eigenvalue weighted by Gasteiger charge is 2.20. The van der Waals surface area contributed by atoms with Crippen molar-refractivity contribution in [3.05, 3.63) is 76.2 Å². The highest BCUT2D eigenvalue weighted by Crippen LogP contribution is 2.22. The average molecular weight is 476 g/mol. The summed E-state index contributed by atoms with van der Waals surface area (Å²) in [5.74, 6) is 0.0246. The topological polar surface area (TPSA) is 94.8 Å². The number of nitrogens with one attached hydrogen (secondary N) is 1. The number of ether oxygens (including phenoxy) is 2. The van der Waals surface area contributed by atoms with E-state index in [9.17, 15) is 14.4 Å². The van der Waals surface area contributed by atoms with Gasteiger partial charge in [0, 0.05) is 23.6 Å². The van der Waals surface area contributed by atoms with E-state index in [0.29, 0.717) is 12.0 Å². The van der Waals surface area contributed by atoms with Crippen LogP contribution in [0.25, 0.3) is 17.0 Å². The summed E-state index contributed by atoms with van der Waals surface area (Å²) in [6.07, 6.45) is 9.07. The van der Waals surface area contributed by atoms with Crippen LogP contribution in [0.1, 0.15) is 61.4 Å². The van der Waals surface area contributed by atoms with Crippen molar-refractivity contribution in [3.8, 4) is 11.5 Å². The molecule has 1 heterocycles. The van der Waals surface area contributed by atoms with Crippen LogP contribution in [0.5, 0.6) is 11.5 Å². The molecule has 1 amide bonds. The fourth-order valence-corrected chi connectivity index (χ4v) is 4.03. The van der Waals surface area contributed by atoms with Crippen LogP contribution in [-0.2, 0) is 4.79 Å². The third kappa shape index (κ3) is 6.59. The predicted octanol–water partition coefficient (Wildman–Crippen LogP) is 5.26. The summed E-state index contributed by atoms with van der Waals surface area (Å²) >= 11 is 0. The van der Waals surface area contributed by atoms with Gasteiger partial charge in [-0.2, -0.15) is 0 Å². The van der Waals surface area contributed by atoms with Gasteiger partial charge >= 0.3 is 11.6 Å². The molecule has 1 aliphatic carbocycles. The van der Waals surface area contributed by atoms with Crippen molar-refractivity contribution >= 4 is 28.9 Å². The number of esters is 1. The monoisotopic (exact) mass is 475 g/mol. The first-order valence-corrected chi connectivity index (χ1v) is 12.0. The van der Waals surface area contributed by atoms with E-state index in [1.54, 1.807) is 18.2 Å². The molecule has 35 heavy (non-hydrogen) atoms. The zero-order valence-corrected chi connectivity index (χ0v) is 19.8. The molecule has 7 nitrogen and oxygen atoms in total. The molecule has 0 bridgehead atoms. The summed E-state index contributed by atoms with van der Waals surface area (Å²) < 4.78 is 16.2. The second-order valence-electron chi connectivity index (χ2n) is 8.63. The van der Waals surface area contributed by atoms with Gasteiger partial charge in [-0.05, 0) is 61.2 Å². The lowest BCUT2D eigenvalue weighted by atomic mass is 9.95. The van der Waals surface area contributed by atoms with Crippen molar-refractivity contribution in [2.24, 2.45) is 0 Å². The summed E-state index contributed by atoms with van der Waals surface area (Å²) in [5, 5.41) is 3.50.